The van der Waals surface area contributed by atoms with E-state index in [9.17, 15) is 4.79 Å². The zero-order valence-corrected chi connectivity index (χ0v) is 18.1. The molecule has 2 aromatic carbocycles. The molecular formula is C26H24N4O3. The maximum absolute atomic E-state index is 13.3. The van der Waals surface area contributed by atoms with Gasteiger partial charge in [0.25, 0.3) is 5.91 Å². The van der Waals surface area contributed by atoms with Crippen LogP contribution in [0.4, 0.5) is 0 Å². The number of benzene rings is 2. The highest BCUT2D eigenvalue weighted by Gasteiger charge is 2.24. The number of carbonyl (C=O) groups excluding carboxylic acids is 1. The first-order valence-corrected chi connectivity index (χ1v) is 11.0. The first kappa shape index (κ1) is 21.0. The molecule has 4 aromatic rings. The van der Waals surface area contributed by atoms with E-state index in [-0.39, 0.29) is 17.8 Å². The molecule has 5 rings (SSSR count). The van der Waals surface area contributed by atoms with E-state index in [2.05, 4.69) is 33.2 Å². The lowest BCUT2D eigenvalue weighted by atomic mass is 9.97. The third-order valence-corrected chi connectivity index (χ3v) is 5.69. The number of carbonyl (C=O) groups is 1. The van der Waals surface area contributed by atoms with Crippen molar-refractivity contribution in [2.75, 3.05) is 26.3 Å². The summed E-state index contributed by atoms with van der Waals surface area (Å²) >= 11 is 0. The molecule has 1 saturated heterocycles. The zero-order chi connectivity index (χ0) is 22.5. The standard InChI is InChI=1S/C26H24N4O3/c31-25(22-3-1-4-24(15-22)33-26-28-8-2-9-29-26)30-11-12-32-18-20(17-30)13-19-5-6-23-16-27-10-7-21(23)14-19/h1-10,14-16,20H,11-13,17-18H2/t20-/m1/s1. The molecule has 7 heteroatoms. The van der Waals surface area contributed by atoms with Gasteiger partial charge in [0.15, 0.2) is 0 Å². The van der Waals surface area contributed by atoms with Gasteiger partial charge in [-0.25, -0.2) is 9.97 Å². The van der Waals surface area contributed by atoms with Crippen molar-refractivity contribution in [1.82, 2.24) is 19.9 Å². The molecule has 1 fully saturated rings. The van der Waals surface area contributed by atoms with Crippen molar-refractivity contribution in [3.05, 3.63) is 90.5 Å². The zero-order valence-electron chi connectivity index (χ0n) is 18.1. The topological polar surface area (TPSA) is 77.4 Å². The third-order valence-electron chi connectivity index (χ3n) is 5.69. The van der Waals surface area contributed by atoms with Crippen molar-refractivity contribution >= 4 is 16.7 Å². The number of nitrogens with zero attached hydrogens (tertiary/aromatic N) is 4. The molecule has 1 aliphatic heterocycles. The fraction of sp³-hybridized carbons (Fsp3) is 0.231. The van der Waals surface area contributed by atoms with Crippen LogP contribution in [-0.2, 0) is 11.2 Å². The fourth-order valence-electron chi connectivity index (χ4n) is 4.10. The number of amides is 1. The lowest BCUT2D eigenvalue weighted by Gasteiger charge is -2.24. The second-order valence-electron chi connectivity index (χ2n) is 8.11. The number of rotatable bonds is 5. The van der Waals surface area contributed by atoms with Gasteiger partial charge in [0.2, 0.25) is 0 Å². The van der Waals surface area contributed by atoms with Crippen molar-refractivity contribution in [3.63, 3.8) is 0 Å². The molecule has 0 radical (unpaired) electrons. The average Bonchev–Trinajstić information content (AvgIpc) is 3.10. The van der Waals surface area contributed by atoms with Crippen LogP contribution < -0.4 is 4.74 Å². The first-order chi connectivity index (χ1) is 16.2. The summed E-state index contributed by atoms with van der Waals surface area (Å²) in [6.45, 7) is 2.36. The van der Waals surface area contributed by atoms with Crippen LogP contribution in [-0.4, -0.2) is 52.1 Å². The Labute approximate surface area is 192 Å². The summed E-state index contributed by atoms with van der Waals surface area (Å²) in [7, 11) is 0. The summed E-state index contributed by atoms with van der Waals surface area (Å²) in [5.74, 6) is 0.711. The minimum atomic E-state index is -0.0329. The van der Waals surface area contributed by atoms with Gasteiger partial charge in [-0.2, -0.15) is 0 Å². The Balaban J connectivity index is 1.29. The Bertz CT molecular complexity index is 1250. The molecule has 1 amide bonds. The van der Waals surface area contributed by atoms with Gasteiger partial charge < -0.3 is 14.4 Å². The minimum Gasteiger partial charge on any atom is -0.424 e. The lowest BCUT2D eigenvalue weighted by Crippen LogP contribution is -2.36. The second kappa shape index (κ2) is 9.75. The summed E-state index contributed by atoms with van der Waals surface area (Å²) in [5.41, 5.74) is 1.80. The van der Waals surface area contributed by atoms with Crippen molar-refractivity contribution in [2.45, 2.75) is 6.42 Å². The molecule has 0 unspecified atom stereocenters. The van der Waals surface area contributed by atoms with Gasteiger partial charge in [0.1, 0.15) is 5.75 Å². The van der Waals surface area contributed by atoms with Gasteiger partial charge in [-0.05, 0) is 47.7 Å². The van der Waals surface area contributed by atoms with Gasteiger partial charge in [-0.1, -0.05) is 24.3 Å². The minimum absolute atomic E-state index is 0.0329. The summed E-state index contributed by atoms with van der Waals surface area (Å²) in [4.78, 5) is 27.5. The van der Waals surface area contributed by atoms with E-state index in [1.807, 2.05) is 23.4 Å². The summed E-state index contributed by atoms with van der Waals surface area (Å²) in [5, 5.41) is 2.29. The fourth-order valence-corrected chi connectivity index (χ4v) is 4.10. The van der Waals surface area contributed by atoms with E-state index in [0.29, 0.717) is 37.6 Å². The van der Waals surface area contributed by atoms with E-state index in [0.717, 1.165) is 11.8 Å². The highest BCUT2D eigenvalue weighted by atomic mass is 16.5. The number of fused-ring (bicyclic) bond motifs is 1. The molecule has 0 saturated carbocycles. The summed E-state index contributed by atoms with van der Waals surface area (Å²) in [6.07, 6.45) is 7.75. The highest BCUT2D eigenvalue weighted by molar-refractivity contribution is 5.94. The molecule has 166 valence electrons. The molecule has 1 atom stereocenters. The number of ether oxygens (including phenoxy) is 2. The second-order valence-corrected chi connectivity index (χ2v) is 8.11. The molecule has 0 aliphatic carbocycles. The van der Waals surface area contributed by atoms with Crippen molar-refractivity contribution in [3.8, 4) is 11.8 Å². The van der Waals surface area contributed by atoms with Crippen LogP contribution in [0.5, 0.6) is 11.8 Å². The average molecular weight is 441 g/mol. The van der Waals surface area contributed by atoms with Crippen LogP contribution in [0.25, 0.3) is 10.8 Å². The van der Waals surface area contributed by atoms with Gasteiger partial charge in [0, 0.05) is 54.7 Å². The van der Waals surface area contributed by atoms with Crippen LogP contribution in [0.3, 0.4) is 0 Å². The van der Waals surface area contributed by atoms with Crippen molar-refractivity contribution in [2.24, 2.45) is 5.92 Å². The quantitative estimate of drug-likeness (QED) is 0.464. The molecule has 2 aromatic heterocycles. The van der Waals surface area contributed by atoms with Crippen LogP contribution in [0.2, 0.25) is 0 Å². The predicted octanol–water partition coefficient (Wildman–Crippen LogP) is 4.15. The Morgan fingerprint density at radius 1 is 1.03 bits per heavy atom. The van der Waals surface area contributed by atoms with Gasteiger partial charge >= 0.3 is 6.01 Å². The van der Waals surface area contributed by atoms with E-state index >= 15 is 0 Å². The Kier molecular flexibility index (Phi) is 6.21. The molecule has 0 spiro atoms. The van der Waals surface area contributed by atoms with Crippen molar-refractivity contribution < 1.29 is 14.3 Å². The maximum atomic E-state index is 13.3. The SMILES string of the molecule is O=C(c1cccc(Oc2ncccn2)c1)N1CCOC[C@H](Cc2ccc3cnccc3c2)C1. The van der Waals surface area contributed by atoms with Gasteiger partial charge in [-0.3, -0.25) is 9.78 Å². The van der Waals surface area contributed by atoms with Crippen LogP contribution >= 0.6 is 0 Å². The molecule has 0 N–H and O–H groups in total. The van der Waals surface area contributed by atoms with E-state index in [1.165, 1.54) is 10.9 Å². The van der Waals surface area contributed by atoms with Gasteiger partial charge in [0.05, 0.1) is 13.2 Å². The highest BCUT2D eigenvalue weighted by Crippen LogP contribution is 2.22. The Morgan fingerprint density at radius 3 is 2.85 bits per heavy atom. The van der Waals surface area contributed by atoms with Crippen LogP contribution in [0.1, 0.15) is 15.9 Å². The van der Waals surface area contributed by atoms with Crippen molar-refractivity contribution in [1.29, 1.82) is 0 Å². The molecule has 0 bridgehead atoms. The van der Waals surface area contributed by atoms with E-state index in [4.69, 9.17) is 9.47 Å². The number of pyridine rings is 1. The normalized spacial score (nSPS) is 16.4. The largest absolute Gasteiger partial charge is 0.424 e. The maximum Gasteiger partial charge on any atom is 0.321 e. The molecule has 3 heterocycles. The molecule has 33 heavy (non-hydrogen) atoms. The Hall–Kier alpha value is -3.84. The third kappa shape index (κ3) is 5.15. The number of aromatic nitrogens is 3. The Morgan fingerprint density at radius 2 is 1.94 bits per heavy atom. The van der Waals surface area contributed by atoms with Gasteiger partial charge in [-0.15, -0.1) is 0 Å². The molecular weight excluding hydrogens is 416 g/mol. The number of hydrogen-bond acceptors (Lipinski definition) is 6. The lowest BCUT2D eigenvalue weighted by molar-refractivity contribution is 0.0737. The van der Waals surface area contributed by atoms with Crippen LogP contribution in [0.15, 0.2) is 79.4 Å². The first-order valence-electron chi connectivity index (χ1n) is 11.0. The number of hydrogen-bond donors (Lipinski definition) is 0. The summed E-state index contributed by atoms with van der Waals surface area (Å²) in [6, 6.07) is 17.5. The predicted molar refractivity (Wildman–Crippen MR) is 124 cm³/mol. The van der Waals surface area contributed by atoms with E-state index < -0.39 is 0 Å². The molecule has 7 nitrogen and oxygen atoms in total. The monoisotopic (exact) mass is 440 g/mol. The summed E-state index contributed by atoms with van der Waals surface area (Å²) < 4.78 is 11.5. The van der Waals surface area contributed by atoms with E-state index in [1.54, 1.807) is 42.7 Å². The van der Waals surface area contributed by atoms with Crippen LogP contribution in [0, 0.1) is 5.92 Å². The molecule has 1 aliphatic rings. The smallest absolute Gasteiger partial charge is 0.321 e.